The first-order valence-electron chi connectivity index (χ1n) is 5.81. The topological polar surface area (TPSA) is 80.7 Å². The van der Waals surface area contributed by atoms with Gasteiger partial charge < -0.3 is 4.74 Å². The fraction of sp³-hybridized carbons (Fsp3) is 0.900. The van der Waals surface area contributed by atoms with Crippen LogP contribution in [0.1, 0.15) is 38.5 Å². The molecule has 19 heavy (non-hydrogen) atoms. The van der Waals surface area contributed by atoms with Gasteiger partial charge in [-0.05, 0) is 17.3 Å². The Bertz CT molecular complexity index is 372. The molecule has 0 rings (SSSR count). The second-order valence-electron chi connectivity index (χ2n) is 3.94. The predicted octanol–water partition coefficient (Wildman–Crippen LogP) is 2.79. The molecular formula is C10H17F2IO5S. The van der Waals surface area contributed by atoms with Crippen molar-refractivity contribution >= 4 is 38.7 Å². The molecule has 0 unspecified atom stereocenters. The van der Waals surface area contributed by atoms with E-state index in [4.69, 9.17) is 4.55 Å². The summed E-state index contributed by atoms with van der Waals surface area (Å²) in [5.41, 5.74) is 0. The number of esters is 1. The Balaban J connectivity index is 3.76. The fourth-order valence-electron chi connectivity index (χ4n) is 1.26. The maximum Gasteiger partial charge on any atom is 0.465 e. The maximum absolute atomic E-state index is 12.7. The van der Waals surface area contributed by atoms with Crippen molar-refractivity contribution in [3.05, 3.63) is 0 Å². The molecule has 114 valence electrons. The third-order valence-electron chi connectivity index (χ3n) is 2.32. The van der Waals surface area contributed by atoms with Gasteiger partial charge >= 0.3 is 21.3 Å². The van der Waals surface area contributed by atoms with Crippen LogP contribution in [-0.4, -0.2) is 35.2 Å². The first kappa shape index (κ1) is 19.0. The van der Waals surface area contributed by atoms with Gasteiger partial charge in [0.1, 0.15) is 0 Å². The van der Waals surface area contributed by atoms with Crippen LogP contribution in [0.2, 0.25) is 0 Å². The van der Waals surface area contributed by atoms with E-state index in [9.17, 15) is 22.0 Å². The summed E-state index contributed by atoms with van der Waals surface area (Å²) in [5.74, 6) is -2.24. The molecule has 0 saturated carbocycles. The van der Waals surface area contributed by atoms with Gasteiger partial charge in [-0.1, -0.05) is 48.3 Å². The van der Waals surface area contributed by atoms with Crippen LogP contribution in [-0.2, 0) is 19.6 Å². The standard InChI is InChI=1S/C10H17F2IO5S/c11-10(12,19(15,16)17)9(14)18-8-6-4-2-1-3-5-7-13/h1-8H2,(H,15,16,17). The highest BCUT2D eigenvalue weighted by molar-refractivity contribution is 14.1. The quantitative estimate of drug-likeness (QED) is 0.196. The number of hydrogen-bond acceptors (Lipinski definition) is 4. The van der Waals surface area contributed by atoms with E-state index in [0.29, 0.717) is 12.8 Å². The van der Waals surface area contributed by atoms with Crippen molar-refractivity contribution in [3.63, 3.8) is 0 Å². The summed E-state index contributed by atoms with van der Waals surface area (Å²) in [6.45, 7) is -0.282. The molecule has 0 bridgehead atoms. The third-order valence-corrected chi connectivity index (χ3v) is 3.90. The van der Waals surface area contributed by atoms with Crippen molar-refractivity contribution in [3.8, 4) is 0 Å². The van der Waals surface area contributed by atoms with E-state index in [1.807, 2.05) is 0 Å². The van der Waals surface area contributed by atoms with Crippen molar-refractivity contribution in [2.45, 2.75) is 43.8 Å². The Morgan fingerprint density at radius 2 is 1.58 bits per heavy atom. The molecule has 1 N–H and O–H groups in total. The molecule has 0 aromatic rings. The zero-order valence-electron chi connectivity index (χ0n) is 10.3. The van der Waals surface area contributed by atoms with Gasteiger partial charge in [0.15, 0.2) is 0 Å². The van der Waals surface area contributed by atoms with E-state index in [0.717, 1.165) is 30.1 Å². The molecule has 0 aliphatic rings. The van der Waals surface area contributed by atoms with Crippen LogP contribution in [0.5, 0.6) is 0 Å². The molecule has 0 heterocycles. The molecule has 0 aliphatic heterocycles. The molecule has 0 atom stereocenters. The van der Waals surface area contributed by atoms with Crippen LogP contribution >= 0.6 is 22.6 Å². The van der Waals surface area contributed by atoms with Crippen LogP contribution in [0.25, 0.3) is 0 Å². The van der Waals surface area contributed by atoms with Crippen molar-refractivity contribution < 1.29 is 31.3 Å². The molecule has 0 aliphatic carbocycles. The lowest BCUT2D eigenvalue weighted by molar-refractivity contribution is -0.161. The van der Waals surface area contributed by atoms with Crippen LogP contribution in [0.15, 0.2) is 0 Å². The lowest BCUT2D eigenvalue weighted by Gasteiger charge is -2.11. The monoisotopic (exact) mass is 414 g/mol. The highest BCUT2D eigenvalue weighted by Crippen LogP contribution is 2.22. The molecule has 0 aromatic carbocycles. The Kier molecular flexibility index (Phi) is 8.99. The van der Waals surface area contributed by atoms with Crippen LogP contribution in [0, 0.1) is 0 Å². The normalized spacial score (nSPS) is 12.4. The summed E-state index contributed by atoms with van der Waals surface area (Å²) in [4.78, 5) is 10.8. The number of rotatable bonds is 10. The molecule has 0 saturated heterocycles. The highest BCUT2D eigenvalue weighted by atomic mass is 127. The van der Waals surface area contributed by atoms with Crippen LogP contribution in [0.4, 0.5) is 8.78 Å². The third kappa shape index (κ3) is 7.35. The Labute approximate surface area is 125 Å². The van der Waals surface area contributed by atoms with Gasteiger partial charge in [0.25, 0.3) is 0 Å². The Morgan fingerprint density at radius 3 is 2.05 bits per heavy atom. The summed E-state index contributed by atoms with van der Waals surface area (Å²) in [5, 5.41) is -4.90. The maximum atomic E-state index is 12.7. The lowest BCUT2D eigenvalue weighted by atomic mass is 10.1. The zero-order chi connectivity index (χ0) is 14.9. The van der Waals surface area contributed by atoms with Gasteiger partial charge in [-0.25, -0.2) is 4.79 Å². The van der Waals surface area contributed by atoms with Gasteiger partial charge in [0, 0.05) is 0 Å². The number of alkyl halides is 3. The summed E-state index contributed by atoms with van der Waals surface area (Å²) < 4.78 is 59.3. The van der Waals surface area contributed by atoms with Gasteiger partial charge in [-0.15, -0.1) is 0 Å². The summed E-state index contributed by atoms with van der Waals surface area (Å²) in [6, 6.07) is 0. The van der Waals surface area contributed by atoms with E-state index in [1.165, 1.54) is 0 Å². The van der Waals surface area contributed by atoms with Crippen molar-refractivity contribution in [2.24, 2.45) is 0 Å². The average Bonchev–Trinajstić information content (AvgIpc) is 2.30. The Hall–Kier alpha value is -0.0300. The van der Waals surface area contributed by atoms with E-state index < -0.39 is 21.3 Å². The summed E-state index contributed by atoms with van der Waals surface area (Å²) >= 11 is 2.28. The predicted molar refractivity (Wildman–Crippen MR) is 74.0 cm³/mol. The molecule has 0 amide bonds. The number of halogens is 3. The van der Waals surface area contributed by atoms with Crippen molar-refractivity contribution in [1.82, 2.24) is 0 Å². The Morgan fingerprint density at radius 1 is 1.11 bits per heavy atom. The largest absolute Gasteiger partial charge is 0.465 e. The molecule has 0 spiro atoms. The van der Waals surface area contributed by atoms with Gasteiger partial charge in [-0.2, -0.15) is 17.2 Å². The van der Waals surface area contributed by atoms with Crippen molar-refractivity contribution in [1.29, 1.82) is 0 Å². The van der Waals surface area contributed by atoms with E-state index in [2.05, 4.69) is 27.3 Å². The molecule has 0 aromatic heterocycles. The summed E-state index contributed by atoms with van der Waals surface area (Å²) in [6.07, 6.45) is 5.27. The van der Waals surface area contributed by atoms with Crippen LogP contribution < -0.4 is 0 Å². The fourth-order valence-corrected chi connectivity index (χ4v) is 2.07. The molecule has 0 fully saturated rings. The number of hydrogen-bond donors (Lipinski definition) is 1. The molecule has 0 radical (unpaired) electrons. The number of unbranched alkanes of at least 4 members (excludes halogenated alkanes) is 5. The summed E-state index contributed by atoms with van der Waals surface area (Å²) in [7, 11) is -5.77. The number of carbonyl (C=O) groups excluding carboxylic acids is 1. The van der Waals surface area contributed by atoms with Gasteiger partial charge in [0.05, 0.1) is 6.61 Å². The SMILES string of the molecule is O=C(OCCCCCCCCI)C(F)(F)S(=O)(=O)O. The van der Waals surface area contributed by atoms with E-state index in [-0.39, 0.29) is 6.61 Å². The molecule has 9 heteroatoms. The molecular weight excluding hydrogens is 397 g/mol. The first-order valence-corrected chi connectivity index (χ1v) is 8.78. The minimum absolute atomic E-state index is 0.282. The first-order chi connectivity index (χ1) is 8.73. The second-order valence-corrected chi connectivity index (χ2v) is 6.48. The average molecular weight is 414 g/mol. The number of ether oxygens (including phenoxy) is 1. The zero-order valence-corrected chi connectivity index (χ0v) is 13.3. The molecule has 5 nitrogen and oxygen atoms in total. The highest BCUT2D eigenvalue weighted by Gasteiger charge is 2.54. The minimum atomic E-state index is -5.77. The van der Waals surface area contributed by atoms with Gasteiger partial charge in [-0.3, -0.25) is 4.55 Å². The lowest BCUT2D eigenvalue weighted by Crippen LogP contribution is -2.39. The van der Waals surface area contributed by atoms with Crippen molar-refractivity contribution in [2.75, 3.05) is 11.0 Å². The van der Waals surface area contributed by atoms with Crippen LogP contribution in [0.3, 0.4) is 0 Å². The number of carbonyl (C=O) groups is 1. The minimum Gasteiger partial charge on any atom is -0.460 e. The van der Waals surface area contributed by atoms with E-state index in [1.54, 1.807) is 0 Å². The van der Waals surface area contributed by atoms with Gasteiger partial charge in [0.2, 0.25) is 0 Å². The second kappa shape index (κ2) is 9.01. The van der Waals surface area contributed by atoms with E-state index >= 15 is 0 Å². The smallest absolute Gasteiger partial charge is 0.460 e.